The predicted molar refractivity (Wildman–Crippen MR) is 109 cm³/mol. The zero-order valence-corrected chi connectivity index (χ0v) is 16.3. The van der Waals surface area contributed by atoms with Crippen molar-refractivity contribution in [2.45, 2.75) is 6.54 Å². The molecule has 3 rings (SSSR count). The number of aromatic amines is 1. The maximum Gasteiger partial charge on any atom is 0.328 e. The van der Waals surface area contributed by atoms with Gasteiger partial charge in [-0.25, -0.2) is 9.18 Å². The molecule has 0 aliphatic rings. The molecule has 0 saturated carbocycles. The van der Waals surface area contributed by atoms with Crippen LogP contribution < -0.4 is 20.7 Å². The van der Waals surface area contributed by atoms with Gasteiger partial charge in [-0.2, -0.15) is 5.26 Å². The Morgan fingerprint density at radius 2 is 2.07 bits per heavy atom. The molecular weight excluding hydrogens is 413 g/mol. The second kappa shape index (κ2) is 9.11. The quantitative estimate of drug-likeness (QED) is 0.579. The van der Waals surface area contributed by atoms with Crippen LogP contribution in [0.4, 0.5) is 4.39 Å². The number of nitriles is 1. The molecule has 2 aromatic carbocycles. The molecular formula is C21H15ClFN3O4. The van der Waals surface area contributed by atoms with E-state index in [0.717, 1.165) is 6.07 Å². The second-order valence-corrected chi connectivity index (χ2v) is 6.49. The number of rotatable bonds is 7. The Morgan fingerprint density at radius 3 is 2.80 bits per heavy atom. The molecule has 1 N–H and O–H groups in total. The zero-order chi connectivity index (χ0) is 21.7. The van der Waals surface area contributed by atoms with Crippen molar-refractivity contribution >= 4 is 17.2 Å². The minimum atomic E-state index is -0.606. The van der Waals surface area contributed by atoms with Gasteiger partial charge in [-0.3, -0.25) is 14.3 Å². The van der Waals surface area contributed by atoms with E-state index < -0.39 is 17.1 Å². The van der Waals surface area contributed by atoms with E-state index in [0.29, 0.717) is 0 Å². The Bertz CT molecular complexity index is 1260. The van der Waals surface area contributed by atoms with Crippen LogP contribution in [0.2, 0.25) is 5.02 Å². The summed E-state index contributed by atoms with van der Waals surface area (Å²) in [5.41, 5.74) is -0.685. The number of ether oxygens (including phenoxy) is 2. The fourth-order valence-electron chi connectivity index (χ4n) is 2.55. The summed E-state index contributed by atoms with van der Waals surface area (Å²) in [6.07, 6.45) is 1.36. The molecule has 9 heteroatoms. The molecule has 0 spiro atoms. The molecule has 0 saturated heterocycles. The number of halogens is 2. The van der Waals surface area contributed by atoms with E-state index in [-0.39, 0.29) is 46.6 Å². The Morgan fingerprint density at radius 1 is 1.27 bits per heavy atom. The fourth-order valence-corrected chi connectivity index (χ4v) is 2.76. The summed E-state index contributed by atoms with van der Waals surface area (Å²) in [5, 5.41) is 9.20. The average Bonchev–Trinajstić information content (AvgIpc) is 2.71. The van der Waals surface area contributed by atoms with Crippen LogP contribution in [0.5, 0.6) is 17.2 Å². The Kier molecular flexibility index (Phi) is 6.35. The third kappa shape index (κ3) is 4.96. The standard InChI is InChI=1S/C21H15ClFN3O4/c1-13(12-24)14-9-15(23)11-16(10-14)30-20-17(22)3-2-4-18(20)29-8-7-26-6-5-19(27)25-21(26)28/h2-6,9-11H,1,7-8H2,(H,25,27,28). The van der Waals surface area contributed by atoms with Gasteiger partial charge in [-0.05, 0) is 29.8 Å². The summed E-state index contributed by atoms with van der Waals surface area (Å²) in [5.74, 6) is -0.0842. The van der Waals surface area contributed by atoms with Crippen LogP contribution >= 0.6 is 11.6 Å². The van der Waals surface area contributed by atoms with Crippen molar-refractivity contribution in [3.63, 3.8) is 0 Å². The van der Waals surface area contributed by atoms with Crippen molar-refractivity contribution in [3.8, 4) is 23.3 Å². The molecule has 0 aliphatic heterocycles. The number of allylic oxidation sites excluding steroid dienone is 1. The molecule has 3 aromatic rings. The molecule has 30 heavy (non-hydrogen) atoms. The number of nitrogens with zero attached hydrogens (tertiary/aromatic N) is 2. The molecule has 0 unspecified atom stereocenters. The molecule has 0 amide bonds. The third-order valence-electron chi connectivity index (χ3n) is 3.99. The summed E-state index contributed by atoms with van der Waals surface area (Å²) < 4.78 is 26.6. The van der Waals surface area contributed by atoms with Crippen molar-refractivity contribution in [2.75, 3.05) is 6.61 Å². The van der Waals surface area contributed by atoms with Crippen LogP contribution in [0.25, 0.3) is 5.57 Å². The van der Waals surface area contributed by atoms with Crippen LogP contribution in [-0.4, -0.2) is 16.2 Å². The lowest BCUT2D eigenvalue weighted by Crippen LogP contribution is -2.30. The van der Waals surface area contributed by atoms with Crippen LogP contribution in [0.15, 0.2) is 64.8 Å². The Balaban J connectivity index is 1.81. The first kappa shape index (κ1) is 20.9. The molecule has 0 aliphatic carbocycles. The topological polar surface area (TPSA) is 97.1 Å². The van der Waals surface area contributed by atoms with E-state index >= 15 is 0 Å². The number of para-hydroxylation sites is 1. The molecule has 7 nitrogen and oxygen atoms in total. The largest absolute Gasteiger partial charge is 0.488 e. The maximum atomic E-state index is 13.9. The van der Waals surface area contributed by atoms with Gasteiger partial charge in [0, 0.05) is 18.3 Å². The minimum Gasteiger partial charge on any atom is -0.488 e. The molecule has 1 aromatic heterocycles. The Labute approximate surface area is 175 Å². The van der Waals surface area contributed by atoms with Gasteiger partial charge in [0.2, 0.25) is 0 Å². The van der Waals surface area contributed by atoms with E-state index in [1.807, 2.05) is 6.07 Å². The third-order valence-corrected chi connectivity index (χ3v) is 4.29. The molecule has 152 valence electrons. The fraction of sp³-hybridized carbons (Fsp3) is 0.0952. The molecule has 0 atom stereocenters. The van der Waals surface area contributed by atoms with E-state index in [2.05, 4.69) is 11.6 Å². The minimum absolute atomic E-state index is 0.0717. The second-order valence-electron chi connectivity index (χ2n) is 6.09. The number of H-pyrrole nitrogens is 1. The van der Waals surface area contributed by atoms with Gasteiger partial charge in [0.25, 0.3) is 5.56 Å². The van der Waals surface area contributed by atoms with Crippen LogP contribution in [0, 0.1) is 17.1 Å². The van der Waals surface area contributed by atoms with E-state index in [1.165, 1.54) is 29.0 Å². The van der Waals surface area contributed by atoms with Crippen molar-refractivity contribution in [2.24, 2.45) is 0 Å². The van der Waals surface area contributed by atoms with Crippen LogP contribution in [0.3, 0.4) is 0 Å². The zero-order valence-electron chi connectivity index (χ0n) is 15.5. The number of hydrogen-bond donors (Lipinski definition) is 1. The Hall–Kier alpha value is -3.83. The highest BCUT2D eigenvalue weighted by Gasteiger charge is 2.13. The average molecular weight is 428 g/mol. The SMILES string of the molecule is C=C(C#N)c1cc(F)cc(Oc2c(Cl)cccc2OCCn2ccc(=O)[nH]c2=O)c1. The lowest BCUT2D eigenvalue weighted by atomic mass is 10.1. The van der Waals surface area contributed by atoms with Gasteiger partial charge in [-0.15, -0.1) is 0 Å². The monoisotopic (exact) mass is 427 g/mol. The van der Waals surface area contributed by atoms with Crippen molar-refractivity contribution in [3.05, 3.63) is 92.5 Å². The number of hydrogen-bond acceptors (Lipinski definition) is 5. The molecule has 0 fully saturated rings. The van der Waals surface area contributed by atoms with Gasteiger partial charge in [0.15, 0.2) is 11.5 Å². The lowest BCUT2D eigenvalue weighted by Gasteiger charge is -2.15. The highest BCUT2D eigenvalue weighted by Crippen LogP contribution is 2.39. The number of benzene rings is 2. The van der Waals surface area contributed by atoms with Crippen LogP contribution in [-0.2, 0) is 6.54 Å². The predicted octanol–water partition coefficient (Wildman–Crippen LogP) is 3.74. The summed E-state index contributed by atoms with van der Waals surface area (Å²) in [6, 6.07) is 11.7. The van der Waals surface area contributed by atoms with E-state index in [4.69, 9.17) is 26.3 Å². The summed E-state index contributed by atoms with van der Waals surface area (Å²) >= 11 is 6.22. The van der Waals surface area contributed by atoms with Gasteiger partial charge in [0.1, 0.15) is 18.2 Å². The van der Waals surface area contributed by atoms with Gasteiger partial charge in [0.05, 0.1) is 23.2 Å². The summed E-state index contributed by atoms with van der Waals surface area (Å²) in [7, 11) is 0. The van der Waals surface area contributed by atoms with Gasteiger partial charge in [-0.1, -0.05) is 24.2 Å². The summed E-state index contributed by atoms with van der Waals surface area (Å²) in [4.78, 5) is 25.0. The highest BCUT2D eigenvalue weighted by molar-refractivity contribution is 6.32. The van der Waals surface area contributed by atoms with Crippen molar-refractivity contribution < 1.29 is 13.9 Å². The molecule has 0 bridgehead atoms. The van der Waals surface area contributed by atoms with E-state index in [9.17, 15) is 14.0 Å². The lowest BCUT2D eigenvalue weighted by molar-refractivity contribution is 0.283. The first-order valence-corrected chi connectivity index (χ1v) is 9.04. The number of nitrogens with one attached hydrogen (secondary N) is 1. The van der Waals surface area contributed by atoms with E-state index in [1.54, 1.807) is 18.2 Å². The molecule has 0 radical (unpaired) electrons. The molecule has 1 heterocycles. The van der Waals surface area contributed by atoms with Crippen LogP contribution in [0.1, 0.15) is 5.56 Å². The highest BCUT2D eigenvalue weighted by atomic mass is 35.5. The first-order chi connectivity index (χ1) is 14.4. The summed E-state index contributed by atoms with van der Waals surface area (Å²) in [6.45, 7) is 3.80. The smallest absolute Gasteiger partial charge is 0.328 e. The normalized spacial score (nSPS) is 10.3. The first-order valence-electron chi connectivity index (χ1n) is 8.66. The maximum absolute atomic E-state index is 13.9. The van der Waals surface area contributed by atoms with Gasteiger partial charge >= 0.3 is 5.69 Å². The van der Waals surface area contributed by atoms with Gasteiger partial charge < -0.3 is 9.47 Å². The van der Waals surface area contributed by atoms with Crippen molar-refractivity contribution in [1.29, 1.82) is 5.26 Å². The van der Waals surface area contributed by atoms with Crippen molar-refractivity contribution in [1.82, 2.24) is 9.55 Å². The number of aromatic nitrogens is 2.